The standard InChI is InChI=1S/C20H30N6O/c1-3-4-11-22-19(27)18-9-7-17(8-10-18)16-24-20(21-2)23-12-5-14-26-15-6-13-25-26/h6-10,13,15H,3-5,11-12,14,16H2,1-2H3,(H,22,27)(H2,21,23,24). The topological polar surface area (TPSA) is 83.3 Å². The van der Waals surface area contributed by atoms with Crippen LogP contribution in [-0.4, -0.2) is 41.8 Å². The van der Waals surface area contributed by atoms with E-state index in [-0.39, 0.29) is 5.91 Å². The number of hydrogen-bond donors (Lipinski definition) is 3. The van der Waals surface area contributed by atoms with Crippen LogP contribution in [0.1, 0.15) is 42.1 Å². The van der Waals surface area contributed by atoms with Gasteiger partial charge >= 0.3 is 0 Å². The second kappa shape index (κ2) is 11.7. The van der Waals surface area contributed by atoms with Gasteiger partial charge in [0, 0.05) is 51.2 Å². The van der Waals surface area contributed by atoms with Gasteiger partial charge < -0.3 is 16.0 Å². The number of benzene rings is 1. The van der Waals surface area contributed by atoms with Crippen LogP contribution in [0.15, 0.2) is 47.7 Å². The molecule has 0 fully saturated rings. The van der Waals surface area contributed by atoms with E-state index >= 15 is 0 Å². The molecular weight excluding hydrogens is 340 g/mol. The predicted molar refractivity (Wildman–Crippen MR) is 109 cm³/mol. The number of carbonyl (C=O) groups is 1. The Hall–Kier alpha value is -2.83. The van der Waals surface area contributed by atoms with Crippen molar-refractivity contribution < 1.29 is 4.79 Å². The van der Waals surface area contributed by atoms with Crippen LogP contribution in [0.2, 0.25) is 0 Å². The van der Waals surface area contributed by atoms with E-state index in [1.807, 2.05) is 41.2 Å². The van der Waals surface area contributed by atoms with Gasteiger partial charge in [0.2, 0.25) is 0 Å². The molecule has 0 aliphatic rings. The third-order valence-corrected chi connectivity index (χ3v) is 4.13. The normalized spacial score (nSPS) is 11.3. The SMILES string of the molecule is CCCCNC(=O)c1ccc(CNC(=NC)NCCCn2cccn2)cc1. The Kier molecular flexibility index (Phi) is 8.89. The Bertz CT molecular complexity index is 694. The zero-order valence-corrected chi connectivity index (χ0v) is 16.2. The second-order valence-corrected chi connectivity index (χ2v) is 6.28. The van der Waals surface area contributed by atoms with Crippen molar-refractivity contribution >= 4 is 11.9 Å². The molecular formula is C20H30N6O. The molecule has 1 aromatic heterocycles. The highest BCUT2D eigenvalue weighted by Gasteiger charge is 2.05. The molecule has 7 heteroatoms. The fourth-order valence-electron chi connectivity index (χ4n) is 2.54. The average Bonchev–Trinajstić information content (AvgIpc) is 3.21. The van der Waals surface area contributed by atoms with Gasteiger partial charge in [0.15, 0.2) is 5.96 Å². The van der Waals surface area contributed by atoms with E-state index in [1.54, 1.807) is 13.2 Å². The molecule has 0 radical (unpaired) electrons. The molecule has 0 atom stereocenters. The molecule has 27 heavy (non-hydrogen) atoms. The lowest BCUT2D eigenvalue weighted by Gasteiger charge is -2.12. The molecule has 0 unspecified atom stereocenters. The van der Waals surface area contributed by atoms with E-state index in [2.05, 4.69) is 33.0 Å². The summed E-state index contributed by atoms with van der Waals surface area (Å²) in [6.07, 6.45) is 6.78. The summed E-state index contributed by atoms with van der Waals surface area (Å²) < 4.78 is 1.91. The van der Waals surface area contributed by atoms with E-state index in [4.69, 9.17) is 0 Å². The minimum absolute atomic E-state index is 0.0161. The molecule has 2 rings (SSSR count). The number of guanidine groups is 1. The molecule has 2 aromatic rings. The largest absolute Gasteiger partial charge is 0.356 e. The summed E-state index contributed by atoms with van der Waals surface area (Å²) in [6, 6.07) is 9.57. The predicted octanol–water partition coefficient (Wildman–Crippen LogP) is 2.17. The van der Waals surface area contributed by atoms with Crippen LogP contribution in [0.4, 0.5) is 0 Å². The molecule has 0 spiro atoms. The first-order chi connectivity index (χ1) is 13.2. The van der Waals surface area contributed by atoms with Crippen LogP contribution in [0.25, 0.3) is 0 Å². The summed E-state index contributed by atoms with van der Waals surface area (Å²) in [6.45, 7) is 5.17. The minimum atomic E-state index is -0.0161. The summed E-state index contributed by atoms with van der Waals surface area (Å²) in [5, 5.41) is 13.7. The Labute approximate surface area is 161 Å². The minimum Gasteiger partial charge on any atom is -0.356 e. The first-order valence-corrected chi connectivity index (χ1v) is 9.52. The average molecular weight is 371 g/mol. The number of aromatic nitrogens is 2. The number of nitrogens with one attached hydrogen (secondary N) is 3. The maximum Gasteiger partial charge on any atom is 0.251 e. The number of nitrogens with zero attached hydrogens (tertiary/aromatic N) is 3. The number of unbranched alkanes of at least 4 members (excludes halogenated alkanes) is 1. The molecule has 1 amide bonds. The van der Waals surface area contributed by atoms with Crippen LogP contribution >= 0.6 is 0 Å². The van der Waals surface area contributed by atoms with Gasteiger partial charge in [0.05, 0.1) is 0 Å². The van der Waals surface area contributed by atoms with Crippen LogP contribution in [-0.2, 0) is 13.1 Å². The van der Waals surface area contributed by atoms with Crippen molar-refractivity contribution in [3.8, 4) is 0 Å². The Morgan fingerprint density at radius 2 is 1.89 bits per heavy atom. The Morgan fingerprint density at radius 1 is 1.11 bits per heavy atom. The van der Waals surface area contributed by atoms with Gasteiger partial charge in [0.25, 0.3) is 5.91 Å². The highest BCUT2D eigenvalue weighted by molar-refractivity contribution is 5.94. The maximum atomic E-state index is 12.0. The number of carbonyl (C=O) groups excluding carboxylic acids is 1. The fraction of sp³-hybridized carbons (Fsp3) is 0.450. The quantitative estimate of drug-likeness (QED) is 0.340. The molecule has 1 heterocycles. The lowest BCUT2D eigenvalue weighted by atomic mass is 10.1. The van der Waals surface area contributed by atoms with Gasteiger partial charge in [-0.1, -0.05) is 25.5 Å². The van der Waals surface area contributed by atoms with Crippen molar-refractivity contribution in [2.24, 2.45) is 4.99 Å². The number of aliphatic imine (C=N–C) groups is 1. The van der Waals surface area contributed by atoms with Crippen LogP contribution in [0.3, 0.4) is 0 Å². The van der Waals surface area contributed by atoms with Crippen molar-refractivity contribution in [2.75, 3.05) is 20.1 Å². The lowest BCUT2D eigenvalue weighted by Crippen LogP contribution is -2.37. The van der Waals surface area contributed by atoms with Gasteiger partial charge in [-0.05, 0) is 36.6 Å². The molecule has 0 saturated heterocycles. The Balaban J connectivity index is 1.69. The molecule has 0 saturated carbocycles. The molecule has 0 aliphatic heterocycles. The lowest BCUT2D eigenvalue weighted by molar-refractivity contribution is 0.0953. The van der Waals surface area contributed by atoms with Gasteiger partial charge in [0.1, 0.15) is 0 Å². The second-order valence-electron chi connectivity index (χ2n) is 6.28. The number of aryl methyl sites for hydroxylation is 1. The first-order valence-electron chi connectivity index (χ1n) is 9.52. The highest BCUT2D eigenvalue weighted by Crippen LogP contribution is 2.04. The van der Waals surface area contributed by atoms with Crippen LogP contribution in [0, 0.1) is 0 Å². The summed E-state index contributed by atoms with van der Waals surface area (Å²) in [7, 11) is 1.76. The van der Waals surface area contributed by atoms with E-state index in [0.717, 1.165) is 50.4 Å². The summed E-state index contributed by atoms with van der Waals surface area (Å²) >= 11 is 0. The van der Waals surface area contributed by atoms with Gasteiger partial charge in [-0.2, -0.15) is 5.10 Å². The molecule has 3 N–H and O–H groups in total. The number of rotatable bonds is 10. The monoisotopic (exact) mass is 370 g/mol. The number of amides is 1. The molecule has 1 aromatic carbocycles. The molecule has 146 valence electrons. The Morgan fingerprint density at radius 3 is 2.56 bits per heavy atom. The van der Waals surface area contributed by atoms with E-state index in [1.165, 1.54) is 0 Å². The third kappa shape index (κ3) is 7.52. The van der Waals surface area contributed by atoms with E-state index in [9.17, 15) is 4.79 Å². The molecule has 0 aliphatic carbocycles. The van der Waals surface area contributed by atoms with E-state index in [0.29, 0.717) is 12.1 Å². The van der Waals surface area contributed by atoms with Gasteiger partial charge in [-0.3, -0.25) is 14.5 Å². The summed E-state index contributed by atoms with van der Waals surface area (Å²) in [5.41, 5.74) is 1.79. The van der Waals surface area contributed by atoms with Crippen molar-refractivity contribution in [3.63, 3.8) is 0 Å². The maximum absolute atomic E-state index is 12.0. The van der Waals surface area contributed by atoms with E-state index < -0.39 is 0 Å². The first kappa shape index (κ1) is 20.5. The zero-order chi connectivity index (χ0) is 19.3. The van der Waals surface area contributed by atoms with Crippen molar-refractivity contribution in [1.82, 2.24) is 25.7 Å². The zero-order valence-electron chi connectivity index (χ0n) is 16.2. The fourth-order valence-corrected chi connectivity index (χ4v) is 2.54. The number of hydrogen-bond acceptors (Lipinski definition) is 3. The third-order valence-electron chi connectivity index (χ3n) is 4.13. The van der Waals surface area contributed by atoms with Crippen molar-refractivity contribution in [1.29, 1.82) is 0 Å². The molecule has 0 bridgehead atoms. The van der Waals surface area contributed by atoms with Crippen molar-refractivity contribution in [3.05, 3.63) is 53.9 Å². The van der Waals surface area contributed by atoms with Gasteiger partial charge in [-0.25, -0.2) is 0 Å². The van der Waals surface area contributed by atoms with Crippen LogP contribution < -0.4 is 16.0 Å². The summed E-state index contributed by atoms with van der Waals surface area (Å²) in [4.78, 5) is 16.2. The van der Waals surface area contributed by atoms with Crippen LogP contribution in [0.5, 0.6) is 0 Å². The molecule has 7 nitrogen and oxygen atoms in total. The summed E-state index contributed by atoms with van der Waals surface area (Å²) in [5.74, 6) is 0.745. The van der Waals surface area contributed by atoms with Crippen molar-refractivity contribution in [2.45, 2.75) is 39.3 Å². The van der Waals surface area contributed by atoms with Gasteiger partial charge in [-0.15, -0.1) is 0 Å². The highest BCUT2D eigenvalue weighted by atomic mass is 16.1. The smallest absolute Gasteiger partial charge is 0.251 e.